The number of hydrogen-bond acceptors (Lipinski definition) is 18. The number of ether oxygens (including phenoxy) is 8. The van der Waals surface area contributed by atoms with Crippen LogP contribution in [0, 0.1) is 13.8 Å². The van der Waals surface area contributed by atoms with E-state index in [-0.39, 0.29) is 24.8 Å². The summed E-state index contributed by atoms with van der Waals surface area (Å²) in [5.41, 5.74) is 30.8. The zero-order valence-corrected chi connectivity index (χ0v) is 52.1. The molecule has 470 valence electrons. The van der Waals surface area contributed by atoms with Gasteiger partial charge in [0, 0.05) is 44.3 Å². The Morgan fingerprint density at radius 1 is 0.426 bits per heavy atom. The normalized spacial score (nSPS) is 22.4. The molecule has 0 unspecified atom stereocenters. The van der Waals surface area contributed by atoms with E-state index in [1.165, 1.54) is 12.7 Å². The highest BCUT2D eigenvalue weighted by Crippen LogP contribution is 2.47. The van der Waals surface area contributed by atoms with Gasteiger partial charge in [-0.3, -0.25) is 9.13 Å². The first-order chi connectivity index (χ1) is 45.6. The SMILES string of the molecule is Cc1ccc(-c2c3nc(c(-c4ccc(C)cc4)c4ccc([nH]4)c(-c4ccc(OC[C@H]5O[C@@H](n6cnc7c(N)ncnc76)[C@@H]6OC(C)(C)O[C@@H]65)cc4)c4nc(c(-c5ccc(OC[C@H]6O[C@@H](n7cnc8c(N)ncnc87)[C@@H]7OC(C)(C)O[C@@H]76)cc5)c5ccc2[nH]5)C=C4)C=C3)cc1. The van der Waals surface area contributed by atoms with Crippen LogP contribution in [-0.4, -0.2) is 120 Å². The lowest BCUT2D eigenvalue weighted by molar-refractivity contribution is -0.199. The van der Waals surface area contributed by atoms with E-state index < -0.39 is 60.7 Å². The maximum atomic E-state index is 6.69. The minimum atomic E-state index is -0.863. The Balaban J connectivity index is 0.754. The summed E-state index contributed by atoms with van der Waals surface area (Å²) in [6, 6.07) is 41.8. The maximum absolute atomic E-state index is 6.69. The van der Waals surface area contributed by atoms with Crippen molar-refractivity contribution in [3.8, 4) is 56.0 Å². The molecule has 0 amide bonds. The zero-order chi connectivity index (χ0) is 63.7. The Kier molecular flexibility index (Phi) is 13.5. The number of aromatic amines is 2. The largest absolute Gasteiger partial charge is 0.491 e. The third kappa shape index (κ3) is 10.0. The fraction of sp³-hybridized carbons (Fsp3) is 0.250. The van der Waals surface area contributed by atoms with Crippen LogP contribution in [-0.2, 0) is 28.4 Å². The van der Waals surface area contributed by atoms with Gasteiger partial charge in [-0.25, -0.2) is 39.9 Å². The standard InChI is InChI=1S/C72H64N14O8/c1-37-7-11-39(12-8-37)55-45-23-24-46(81-45)56(40-13-9-38(2)10-14-40)48-26-28-50(83-48)58(42-17-21-44(22-18-42)88-32-54-62-64(94-72(5,6)92-62)70(90-54)86-36-80-60-66(74)76-34-78-68(60)86)52-30-29-51(84-52)57(49-27-25-47(55)82-49)41-15-19-43(20-16-41)87-31-53-61-63(93-71(3,4)91-61)69(89-53)85-35-79-59-65(73)75-33-77-67(59)85/h7-30,33-36,53-54,61-64,69-70,82-83H,31-32H2,1-6H3,(H2,73,75,77)(H2,74,76,78)/t53-,54-,61-,62-,63-,64-,69-,70-/m1/s1. The summed E-state index contributed by atoms with van der Waals surface area (Å²) < 4.78 is 56.1. The molecular formula is C72H64N14O8. The second kappa shape index (κ2) is 22.1. The number of nitrogen functional groups attached to an aromatic ring is 2. The lowest BCUT2D eigenvalue weighted by Crippen LogP contribution is -2.33. The van der Waals surface area contributed by atoms with Gasteiger partial charge in [-0.1, -0.05) is 83.9 Å². The maximum Gasteiger partial charge on any atom is 0.167 e. The number of hydrogen-bond donors (Lipinski definition) is 4. The lowest BCUT2D eigenvalue weighted by Gasteiger charge is -2.24. The Hall–Kier alpha value is -10.5. The zero-order valence-electron chi connectivity index (χ0n) is 52.1. The van der Waals surface area contributed by atoms with Gasteiger partial charge in [-0.05, 0) is 137 Å². The molecule has 6 aliphatic rings. The molecule has 8 bridgehead atoms. The summed E-state index contributed by atoms with van der Waals surface area (Å²) in [6.07, 6.45) is 10.5. The number of aryl methyl sites for hydroxylation is 2. The van der Waals surface area contributed by atoms with Crippen molar-refractivity contribution < 1.29 is 37.9 Å². The van der Waals surface area contributed by atoms with Crippen LogP contribution >= 0.6 is 0 Å². The molecule has 0 saturated carbocycles. The highest BCUT2D eigenvalue weighted by molar-refractivity contribution is 6.00. The van der Waals surface area contributed by atoms with Gasteiger partial charge >= 0.3 is 0 Å². The molecule has 4 fully saturated rings. The van der Waals surface area contributed by atoms with Crippen molar-refractivity contribution in [3.63, 3.8) is 0 Å². The van der Waals surface area contributed by atoms with E-state index in [1.54, 1.807) is 12.7 Å². The summed E-state index contributed by atoms with van der Waals surface area (Å²) in [4.78, 5) is 45.1. The van der Waals surface area contributed by atoms with Crippen molar-refractivity contribution in [2.75, 3.05) is 24.7 Å². The van der Waals surface area contributed by atoms with Gasteiger partial charge in [0.15, 0.2) is 47.0 Å². The molecule has 8 atom stereocenters. The van der Waals surface area contributed by atoms with E-state index in [4.69, 9.17) is 59.3 Å². The second-order valence-corrected chi connectivity index (χ2v) is 25.3. The average molecular weight is 1250 g/mol. The summed E-state index contributed by atoms with van der Waals surface area (Å²) in [6.45, 7) is 12.1. The molecule has 17 rings (SSSR count). The van der Waals surface area contributed by atoms with Crippen molar-refractivity contribution in [1.82, 2.24) is 59.0 Å². The van der Waals surface area contributed by atoms with E-state index in [0.717, 1.165) is 100 Å². The minimum Gasteiger partial charge on any atom is -0.491 e. The van der Waals surface area contributed by atoms with Crippen LogP contribution in [0.4, 0.5) is 11.6 Å². The molecule has 6 aliphatic heterocycles. The number of benzene rings is 4. The number of H-pyrrole nitrogens is 2. The fourth-order valence-electron chi connectivity index (χ4n) is 13.8. The molecule has 7 aromatic heterocycles. The van der Waals surface area contributed by atoms with Crippen LogP contribution in [0.15, 0.2) is 147 Å². The summed E-state index contributed by atoms with van der Waals surface area (Å²) in [5.74, 6) is 0.0998. The molecule has 11 aromatic rings. The Morgan fingerprint density at radius 3 is 1.11 bits per heavy atom. The van der Waals surface area contributed by atoms with Crippen LogP contribution in [0.3, 0.4) is 0 Å². The van der Waals surface area contributed by atoms with Gasteiger partial charge in [-0.2, -0.15) is 0 Å². The van der Waals surface area contributed by atoms with Crippen molar-refractivity contribution in [3.05, 3.63) is 181 Å². The number of nitrogens with one attached hydrogen (secondary N) is 2. The monoisotopic (exact) mass is 1250 g/mol. The third-order valence-electron chi connectivity index (χ3n) is 18.1. The van der Waals surface area contributed by atoms with E-state index in [1.807, 2.05) is 61.1 Å². The third-order valence-corrected chi connectivity index (χ3v) is 18.1. The van der Waals surface area contributed by atoms with Crippen LogP contribution in [0.5, 0.6) is 11.5 Å². The smallest absolute Gasteiger partial charge is 0.167 e. The number of aromatic nitrogens is 12. The topological polar surface area (TPSA) is 270 Å². The van der Waals surface area contributed by atoms with Gasteiger partial charge in [0.25, 0.3) is 0 Å². The molecule has 4 aromatic carbocycles. The van der Waals surface area contributed by atoms with E-state index in [0.29, 0.717) is 33.8 Å². The van der Waals surface area contributed by atoms with Crippen LogP contribution < -0.4 is 20.9 Å². The summed E-state index contributed by atoms with van der Waals surface area (Å²) >= 11 is 0. The highest BCUT2D eigenvalue weighted by Gasteiger charge is 2.58. The predicted molar refractivity (Wildman–Crippen MR) is 356 cm³/mol. The first kappa shape index (κ1) is 57.4. The number of rotatable bonds is 12. The van der Waals surface area contributed by atoms with Gasteiger partial charge < -0.3 is 59.3 Å². The Bertz CT molecular complexity index is 4750. The number of nitrogens with two attached hydrogens (primary N) is 2. The van der Waals surface area contributed by atoms with E-state index >= 15 is 0 Å². The molecule has 0 radical (unpaired) electrons. The number of fused-ring (bicyclic) bond motifs is 12. The minimum absolute atomic E-state index is 0.174. The molecule has 6 N–H and O–H groups in total. The number of imidazole rings is 2. The molecule has 22 heteroatoms. The summed E-state index contributed by atoms with van der Waals surface area (Å²) in [7, 11) is 0. The van der Waals surface area contributed by atoms with Crippen LogP contribution in [0.2, 0.25) is 0 Å². The molecule has 0 aliphatic carbocycles. The quantitative estimate of drug-likeness (QED) is 0.0885. The lowest BCUT2D eigenvalue weighted by atomic mass is 10.0. The van der Waals surface area contributed by atoms with Crippen molar-refractivity contribution in [2.24, 2.45) is 0 Å². The summed E-state index contributed by atoms with van der Waals surface area (Å²) in [5, 5.41) is 0. The molecule has 94 heavy (non-hydrogen) atoms. The molecule has 4 saturated heterocycles. The van der Waals surface area contributed by atoms with E-state index in [9.17, 15) is 0 Å². The van der Waals surface area contributed by atoms with Crippen LogP contribution in [0.1, 0.15) is 74.1 Å². The Morgan fingerprint density at radius 2 is 0.755 bits per heavy atom. The molecule has 22 nitrogen and oxygen atoms in total. The first-order valence-corrected chi connectivity index (χ1v) is 31.3. The number of anilines is 2. The average Bonchev–Trinajstić information content (AvgIpc) is 1.60. The van der Waals surface area contributed by atoms with Crippen molar-refractivity contribution in [2.45, 2.75) is 102 Å². The van der Waals surface area contributed by atoms with Crippen molar-refractivity contribution in [1.29, 1.82) is 0 Å². The van der Waals surface area contributed by atoms with Gasteiger partial charge in [0.1, 0.15) is 85.0 Å². The van der Waals surface area contributed by atoms with Gasteiger partial charge in [0.05, 0.1) is 35.4 Å². The molecular weight excluding hydrogens is 1190 g/mol. The van der Waals surface area contributed by atoms with E-state index in [2.05, 4.69) is 175 Å². The molecule has 0 spiro atoms. The van der Waals surface area contributed by atoms with Gasteiger partial charge in [0.2, 0.25) is 0 Å². The Labute approximate surface area is 538 Å². The van der Waals surface area contributed by atoms with Crippen LogP contribution in [0.25, 0.3) is 113 Å². The first-order valence-electron chi connectivity index (χ1n) is 31.3. The van der Waals surface area contributed by atoms with Crippen molar-refractivity contribution >= 4 is 80.3 Å². The number of nitrogens with zero attached hydrogens (tertiary/aromatic N) is 10. The fourth-order valence-corrected chi connectivity index (χ4v) is 13.8. The predicted octanol–water partition coefficient (Wildman–Crippen LogP) is 12.4. The second-order valence-electron chi connectivity index (χ2n) is 25.3. The molecule has 13 heterocycles. The van der Waals surface area contributed by atoms with Gasteiger partial charge in [-0.15, -0.1) is 0 Å². The highest BCUT2D eigenvalue weighted by atomic mass is 16.8.